The summed E-state index contributed by atoms with van der Waals surface area (Å²) in [5.41, 5.74) is 2.89. The SMILES string of the molecule is Cc1cc(NC(=O)Cc2ccc3c(c2)CCO3)co1. The molecule has 3 rings (SSSR count). The maximum Gasteiger partial charge on any atom is 0.228 e. The van der Waals surface area contributed by atoms with E-state index in [-0.39, 0.29) is 5.91 Å². The lowest BCUT2D eigenvalue weighted by Gasteiger charge is -2.04. The molecule has 0 saturated heterocycles. The van der Waals surface area contributed by atoms with Gasteiger partial charge in [-0.15, -0.1) is 0 Å². The Morgan fingerprint density at radius 3 is 3.05 bits per heavy atom. The van der Waals surface area contributed by atoms with Crippen LogP contribution in [0.4, 0.5) is 5.69 Å². The van der Waals surface area contributed by atoms with Crippen LogP contribution in [0.15, 0.2) is 34.9 Å². The highest BCUT2D eigenvalue weighted by Gasteiger charge is 2.13. The number of amides is 1. The number of ether oxygens (including phenoxy) is 1. The van der Waals surface area contributed by atoms with Crippen LogP contribution in [0.1, 0.15) is 16.9 Å². The van der Waals surface area contributed by atoms with E-state index < -0.39 is 0 Å². The van der Waals surface area contributed by atoms with E-state index in [0.717, 1.165) is 30.1 Å². The number of carbonyl (C=O) groups excluding carboxylic acids is 1. The van der Waals surface area contributed by atoms with Crippen molar-refractivity contribution in [2.24, 2.45) is 0 Å². The van der Waals surface area contributed by atoms with Gasteiger partial charge in [0.05, 0.1) is 18.7 Å². The van der Waals surface area contributed by atoms with Crippen LogP contribution in [0, 0.1) is 6.92 Å². The summed E-state index contributed by atoms with van der Waals surface area (Å²) in [5, 5.41) is 2.82. The molecular weight excluding hydrogens is 242 g/mol. The summed E-state index contributed by atoms with van der Waals surface area (Å²) in [7, 11) is 0. The monoisotopic (exact) mass is 257 g/mol. The fourth-order valence-corrected chi connectivity index (χ4v) is 2.25. The first-order valence-corrected chi connectivity index (χ1v) is 6.30. The number of furan rings is 1. The van der Waals surface area contributed by atoms with E-state index in [2.05, 4.69) is 5.32 Å². The molecule has 0 fully saturated rings. The topological polar surface area (TPSA) is 51.5 Å². The van der Waals surface area contributed by atoms with E-state index in [1.165, 1.54) is 5.56 Å². The quantitative estimate of drug-likeness (QED) is 0.919. The van der Waals surface area contributed by atoms with Gasteiger partial charge in [-0.25, -0.2) is 0 Å². The molecule has 1 N–H and O–H groups in total. The Bertz CT molecular complexity index is 616. The van der Waals surface area contributed by atoms with Gasteiger partial charge in [0.2, 0.25) is 5.91 Å². The number of nitrogens with one attached hydrogen (secondary N) is 1. The predicted octanol–water partition coefficient (Wildman–Crippen LogP) is 2.70. The van der Waals surface area contributed by atoms with E-state index in [9.17, 15) is 4.79 Å². The van der Waals surface area contributed by atoms with E-state index >= 15 is 0 Å². The zero-order valence-corrected chi connectivity index (χ0v) is 10.7. The molecule has 0 bridgehead atoms. The zero-order valence-electron chi connectivity index (χ0n) is 10.7. The van der Waals surface area contributed by atoms with Gasteiger partial charge in [0.25, 0.3) is 0 Å². The maximum absolute atomic E-state index is 11.9. The van der Waals surface area contributed by atoms with Gasteiger partial charge >= 0.3 is 0 Å². The van der Waals surface area contributed by atoms with Crippen LogP contribution in [-0.2, 0) is 17.6 Å². The fraction of sp³-hybridized carbons (Fsp3) is 0.267. The molecule has 19 heavy (non-hydrogen) atoms. The number of anilines is 1. The summed E-state index contributed by atoms with van der Waals surface area (Å²) in [6.07, 6.45) is 2.83. The molecule has 0 radical (unpaired) electrons. The number of rotatable bonds is 3. The first kappa shape index (κ1) is 11.8. The van der Waals surface area contributed by atoms with Crippen LogP contribution in [0.2, 0.25) is 0 Å². The molecule has 4 nitrogen and oxygen atoms in total. The lowest BCUT2D eigenvalue weighted by Crippen LogP contribution is -2.13. The third kappa shape index (κ3) is 2.62. The minimum absolute atomic E-state index is 0.0420. The van der Waals surface area contributed by atoms with Crippen molar-refractivity contribution in [3.63, 3.8) is 0 Å². The number of aryl methyl sites for hydroxylation is 1. The smallest absolute Gasteiger partial charge is 0.228 e. The average molecular weight is 257 g/mol. The Kier molecular flexibility index (Phi) is 2.99. The Hall–Kier alpha value is -2.23. The highest BCUT2D eigenvalue weighted by Crippen LogP contribution is 2.26. The first-order valence-electron chi connectivity index (χ1n) is 6.30. The van der Waals surface area contributed by atoms with Crippen molar-refractivity contribution in [1.29, 1.82) is 0 Å². The molecule has 0 unspecified atom stereocenters. The fourth-order valence-electron chi connectivity index (χ4n) is 2.25. The minimum atomic E-state index is -0.0420. The Morgan fingerprint density at radius 1 is 1.37 bits per heavy atom. The van der Waals surface area contributed by atoms with Gasteiger partial charge in [-0.2, -0.15) is 0 Å². The van der Waals surface area contributed by atoms with Crippen molar-refractivity contribution < 1.29 is 13.9 Å². The normalized spacial score (nSPS) is 12.9. The molecule has 98 valence electrons. The predicted molar refractivity (Wildman–Crippen MR) is 71.4 cm³/mol. The largest absolute Gasteiger partial charge is 0.493 e. The van der Waals surface area contributed by atoms with Crippen LogP contribution in [0.3, 0.4) is 0 Å². The van der Waals surface area contributed by atoms with Gasteiger partial charge in [0.1, 0.15) is 17.8 Å². The second-order valence-electron chi connectivity index (χ2n) is 4.71. The molecule has 0 atom stereocenters. The van der Waals surface area contributed by atoms with Gasteiger partial charge < -0.3 is 14.5 Å². The van der Waals surface area contributed by atoms with Crippen molar-refractivity contribution in [2.75, 3.05) is 11.9 Å². The van der Waals surface area contributed by atoms with Crippen LogP contribution < -0.4 is 10.1 Å². The maximum atomic E-state index is 11.9. The summed E-state index contributed by atoms with van der Waals surface area (Å²) >= 11 is 0. The Morgan fingerprint density at radius 2 is 2.26 bits per heavy atom. The van der Waals surface area contributed by atoms with Crippen LogP contribution in [-0.4, -0.2) is 12.5 Å². The molecule has 0 aliphatic carbocycles. The van der Waals surface area contributed by atoms with E-state index in [1.807, 2.05) is 25.1 Å². The third-order valence-electron chi connectivity index (χ3n) is 3.13. The molecular formula is C15H15NO3. The molecule has 4 heteroatoms. The van der Waals surface area contributed by atoms with E-state index in [4.69, 9.17) is 9.15 Å². The van der Waals surface area contributed by atoms with Crippen molar-refractivity contribution in [3.05, 3.63) is 47.4 Å². The lowest BCUT2D eigenvalue weighted by molar-refractivity contribution is -0.115. The van der Waals surface area contributed by atoms with Crippen LogP contribution >= 0.6 is 0 Å². The minimum Gasteiger partial charge on any atom is -0.493 e. The number of benzene rings is 1. The molecule has 1 aromatic carbocycles. The molecule has 1 aliphatic heterocycles. The summed E-state index contributed by atoms with van der Waals surface area (Å²) in [6, 6.07) is 7.72. The number of fused-ring (bicyclic) bond motifs is 1. The standard InChI is InChI=1S/C15H15NO3/c1-10-6-13(9-19-10)16-15(17)8-11-2-3-14-12(7-11)4-5-18-14/h2-3,6-7,9H,4-5,8H2,1H3,(H,16,17). The second-order valence-corrected chi connectivity index (χ2v) is 4.71. The Labute approximate surface area is 111 Å². The second kappa shape index (κ2) is 4.80. The Balaban J connectivity index is 1.66. The van der Waals surface area contributed by atoms with Gasteiger partial charge in [0, 0.05) is 12.5 Å². The van der Waals surface area contributed by atoms with Gasteiger partial charge in [0.15, 0.2) is 0 Å². The molecule has 0 saturated carbocycles. The van der Waals surface area contributed by atoms with E-state index in [0.29, 0.717) is 12.1 Å². The van der Waals surface area contributed by atoms with E-state index in [1.54, 1.807) is 12.3 Å². The number of carbonyl (C=O) groups is 1. The summed E-state index contributed by atoms with van der Waals surface area (Å²) in [5.74, 6) is 1.68. The molecule has 1 aromatic heterocycles. The molecule has 1 aliphatic rings. The van der Waals surface area contributed by atoms with Gasteiger partial charge in [-0.1, -0.05) is 12.1 Å². The van der Waals surface area contributed by atoms with Crippen LogP contribution in [0.5, 0.6) is 5.75 Å². The van der Waals surface area contributed by atoms with Crippen molar-refractivity contribution >= 4 is 11.6 Å². The van der Waals surface area contributed by atoms with Crippen molar-refractivity contribution in [2.45, 2.75) is 19.8 Å². The van der Waals surface area contributed by atoms with Gasteiger partial charge in [-0.3, -0.25) is 4.79 Å². The molecule has 2 heterocycles. The van der Waals surface area contributed by atoms with Crippen molar-refractivity contribution in [1.82, 2.24) is 0 Å². The summed E-state index contributed by atoms with van der Waals surface area (Å²) in [4.78, 5) is 11.9. The third-order valence-corrected chi connectivity index (χ3v) is 3.13. The van der Waals surface area contributed by atoms with Gasteiger partial charge in [-0.05, 0) is 24.1 Å². The van der Waals surface area contributed by atoms with Crippen LogP contribution in [0.25, 0.3) is 0 Å². The average Bonchev–Trinajstić information content (AvgIpc) is 2.97. The highest BCUT2D eigenvalue weighted by atomic mass is 16.5. The molecule has 2 aromatic rings. The van der Waals surface area contributed by atoms with Crippen molar-refractivity contribution in [3.8, 4) is 5.75 Å². The molecule has 1 amide bonds. The highest BCUT2D eigenvalue weighted by molar-refractivity contribution is 5.92. The number of hydrogen-bond donors (Lipinski definition) is 1. The first-order chi connectivity index (χ1) is 9.20. The molecule has 0 spiro atoms. The summed E-state index contributed by atoms with van der Waals surface area (Å²) < 4.78 is 10.6. The number of hydrogen-bond acceptors (Lipinski definition) is 3. The lowest BCUT2D eigenvalue weighted by atomic mass is 10.1. The summed E-state index contributed by atoms with van der Waals surface area (Å²) in [6.45, 7) is 2.58. The zero-order chi connectivity index (χ0) is 13.2.